The number of aromatic nitrogens is 1. The van der Waals surface area contributed by atoms with Gasteiger partial charge in [-0.15, -0.1) is 11.3 Å². The molecule has 1 atom stereocenters. The van der Waals surface area contributed by atoms with Crippen molar-refractivity contribution in [3.63, 3.8) is 0 Å². The molecule has 0 spiro atoms. The number of carbonyl (C=O) groups excluding carboxylic acids is 3. The summed E-state index contributed by atoms with van der Waals surface area (Å²) >= 11 is 7.27. The van der Waals surface area contributed by atoms with Crippen molar-refractivity contribution < 1.29 is 14.4 Å². The van der Waals surface area contributed by atoms with Crippen molar-refractivity contribution in [2.24, 2.45) is 0 Å². The summed E-state index contributed by atoms with van der Waals surface area (Å²) in [5.74, 6) is -2.42. The normalized spacial score (nSPS) is 13.7. The standard InChI is InChI=1S/C26H16ClN3O3S/c27-17-7-9-22-21(13-17)29-24(34-22)20(14-28)23(31)16-6-8-18-19(12-16)26(33)30(25(18)32)11-10-15-4-2-1-3-5-15/h1-9,12-13,20H,10-11H2. The Morgan fingerprint density at radius 2 is 1.79 bits per heavy atom. The lowest BCUT2D eigenvalue weighted by Crippen LogP contribution is -2.31. The molecule has 5 rings (SSSR count). The summed E-state index contributed by atoms with van der Waals surface area (Å²) < 4.78 is 0.816. The molecule has 4 aromatic rings. The molecule has 1 aliphatic rings. The second kappa shape index (κ2) is 8.82. The van der Waals surface area contributed by atoms with E-state index in [4.69, 9.17) is 11.6 Å². The number of rotatable bonds is 6. The van der Waals surface area contributed by atoms with Gasteiger partial charge in [-0.2, -0.15) is 5.26 Å². The molecule has 0 bridgehead atoms. The maximum atomic E-state index is 13.2. The third-order valence-electron chi connectivity index (χ3n) is 5.73. The average molecular weight is 486 g/mol. The van der Waals surface area contributed by atoms with Crippen molar-refractivity contribution in [2.45, 2.75) is 12.3 Å². The van der Waals surface area contributed by atoms with Gasteiger partial charge in [0.2, 0.25) is 0 Å². The van der Waals surface area contributed by atoms with Crippen molar-refractivity contribution in [3.05, 3.63) is 99.0 Å². The molecule has 2 amide bonds. The Morgan fingerprint density at radius 3 is 2.56 bits per heavy atom. The molecule has 8 heteroatoms. The molecule has 0 aliphatic carbocycles. The van der Waals surface area contributed by atoms with Gasteiger partial charge in [0.25, 0.3) is 11.8 Å². The second-order valence-corrected chi connectivity index (χ2v) is 9.35. The van der Waals surface area contributed by atoms with E-state index < -0.39 is 17.6 Å². The number of thiazole rings is 1. The van der Waals surface area contributed by atoms with Crippen LogP contribution in [0.1, 0.15) is 47.6 Å². The minimum absolute atomic E-state index is 0.177. The van der Waals surface area contributed by atoms with Crippen LogP contribution in [0.3, 0.4) is 0 Å². The first kappa shape index (κ1) is 22.0. The number of Topliss-reactive ketones (excluding diaryl/α,β-unsaturated/α-hetero) is 1. The third kappa shape index (κ3) is 3.87. The fourth-order valence-corrected chi connectivity index (χ4v) is 5.13. The summed E-state index contributed by atoms with van der Waals surface area (Å²) in [6.45, 7) is 0.245. The van der Waals surface area contributed by atoms with Gasteiger partial charge < -0.3 is 0 Å². The van der Waals surface area contributed by atoms with Crippen LogP contribution in [-0.2, 0) is 6.42 Å². The number of hydrogen-bond donors (Lipinski definition) is 0. The molecule has 2 heterocycles. The van der Waals surface area contributed by atoms with Gasteiger partial charge in [-0.05, 0) is 42.3 Å². The van der Waals surface area contributed by atoms with Crippen molar-refractivity contribution in [2.75, 3.05) is 6.54 Å². The van der Waals surface area contributed by atoms with Gasteiger partial charge in [0.1, 0.15) is 5.01 Å². The quantitative estimate of drug-likeness (QED) is 0.274. The van der Waals surface area contributed by atoms with E-state index in [2.05, 4.69) is 4.98 Å². The molecule has 0 fully saturated rings. The Balaban J connectivity index is 1.40. The highest BCUT2D eigenvalue weighted by molar-refractivity contribution is 7.18. The number of fused-ring (bicyclic) bond motifs is 2. The van der Waals surface area contributed by atoms with Gasteiger partial charge in [0.05, 0.1) is 27.4 Å². The number of nitriles is 1. The Morgan fingerprint density at radius 1 is 1.03 bits per heavy atom. The number of carbonyl (C=O) groups is 3. The zero-order chi connectivity index (χ0) is 23.8. The lowest BCUT2D eigenvalue weighted by molar-refractivity contribution is 0.0656. The highest BCUT2D eigenvalue weighted by Crippen LogP contribution is 2.32. The van der Waals surface area contributed by atoms with E-state index in [1.807, 2.05) is 36.4 Å². The van der Waals surface area contributed by atoms with Crippen LogP contribution in [0.2, 0.25) is 5.02 Å². The zero-order valence-corrected chi connectivity index (χ0v) is 19.3. The molecule has 0 saturated carbocycles. The highest BCUT2D eigenvalue weighted by atomic mass is 35.5. The van der Waals surface area contributed by atoms with Crippen molar-refractivity contribution in [1.82, 2.24) is 9.88 Å². The summed E-state index contributed by atoms with van der Waals surface area (Å²) in [6.07, 6.45) is 0.538. The Kier molecular flexibility index (Phi) is 5.70. The van der Waals surface area contributed by atoms with Crippen LogP contribution in [0.25, 0.3) is 10.2 Å². The highest BCUT2D eigenvalue weighted by Gasteiger charge is 2.36. The summed E-state index contributed by atoms with van der Waals surface area (Å²) in [5, 5.41) is 10.6. The van der Waals surface area contributed by atoms with Crippen molar-refractivity contribution in [1.29, 1.82) is 5.26 Å². The fraction of sp³-hybridized carbons (Fsp3) is 0.115. The molecule has 166 valence electrons. The number of imide groups is 1. The average Bonchev–Trinajstić information content (AvgIpc) is 3.36. The fourth-order valence-electron chi connectivity index (χ4n) is 3.97. The number of benzene rings is 3. The molecule has 1 aromatic heterocycles. The largest absolute Gasteiger partial charge is 0.292 e. The predicted octanol–water partition coefficient (Wildman–Crippen LogP) is 5.28. The molecule has 3 aromatic carbocycles. The summed E-state index contributed by atoms with van der Waals surface area (Å²) in [7, 11) is 0. The van der Waals surface area contributed by atoms with Crippen molar-refractivity contribution >= 4 is 50.8 Å². The molecule has 1 aliphatic heterocycles. The molecule has 0 radical (unpaired) electrons. The third-order valence-corrected chi connectivity index (χ3v) is 7.06. The van der Waals surface area contributed by atoms with Gasteiger partial charge in [-0.1, -0.05) is 48.0 Å². The Bertz CT molecular complexity index is 1510. The minimum atomic E-state index is -1.13. The minimum Gasteiger partial charge on any atom is -0.292 e. The second-order valence-electron chi connectivity index (χ2n) is 7.85. The van der Waals surface area contributed by atoms with Crippen LogP contribution in [0.5, 0.6) is 0 Å². The molecular formula is C26H16ClN3O3S. The van der Waals surface area contributed by atoms with E-state index in [9.17, 15) is 19.6 Å². The number of halogens is 1. The van der Waals surface area contributed by atoms with Crippen LogP contribution in [0.4, 0.5) is 0 Å². The summed E-state index contributed by atoms with van der Waals surface area (Å²) in [5.41, 5.74) is 2.26. The van der Waals surface area contributed by atoms with Gasteiger partial charge >= 0.3 is 0 Å². The molecule has 0 N–H and O–H groups in total. The van der Waals surface area contributed by atoms with E-state index in [0.717, 1.165) is 10.3 Å². The maximum Gasteiger partial charge on any atom is 0.261 e. The van der Waals surface area contributed by atoms with Gasteiger partial charge in [0.15, 0.2) is 11.7 Å². The first-order chi connectivity index (χ1) is 16.5. The lowest BCUT2D eigenvalue weighted by atomic mass is 9.96. The molecule has 1 unspecified atom stereocenters. The van der Waals surface area contributed by atoms with E-state index in [-0.39, 0.29) is 29.1 Å². The number of ketones is 1. The molecule has 6 nitrogen and oxygen atoms in total. The van der Waals surface area contributed by atoms with Crippen LogP contribution in [0.15, 0.2) is 66.7 Å². The van der Waals surface area contributed by atoms with E-state index >= 15 is 0 Å². The predicted molar refractivity (Wildman–Crippen MR) is 129 cm³/mol. The van der Waals surface area contributed by atoms with E-state index in [1.54, 1.807) is 18.2 Å². The summed E-state index contributed by atoms with van der Waals surface area (Å²) in [4.78, 5) is 44.6. The van der Waals surface area contributed by atoms with E-state index in [1.165, 1.54) is 34.4 Å². The SMILES string of the molecule is N#CC(C(=O)c1ccc2c(c1)C(=O)N(CCc1ccccc1)C2=O)c1nc2cc(Cl)ccc2s1. The smallest absolute Gasteiger partial charge is 0.261 e. The Labute approximate surface area is 204 Å². The van der Waals surface area contributed by atoms with Crippen molar-refractivity contribution in [3.8, 4) is 6.07 Å². The molecule has 0 saturated heterocycles. The number of hydrogen-bond acceptors (Lipinski definition) is 6. The Hall–Kier alpha value is -3.86. The van der Waals surface area contributed by atoms with Crippen LogP contribution >= 0.6 is 22.9 Å². The van der Waals surface area contributed by atoms with E-state index in [0.29, 0.717) is 22.0 Å². The van der Waals surface area contributed by atoms with Crippen LogP contribution in [-0.4, -0.2) is 34.0 Å². The first-order valence-corrected chi connectivity index (χ1v) is 11.7. The first-order valence-electron chi connectivity index (χ1n) is 10.5. The lowest BCUT2D eigenvalue weighted by Gasteiger charge is -2.13. The summed E-state index contributed by atoms with van der Waals surface area (Å²) in [6, 6.07) is 21.2. The van der Waals surface area contributed by atoms with Crippen LogP contribution in [0, 0.1) is 11.3 Å². The topological polar surface area (TPSA) is 91.1 Å². The monoisotopic (exact) mass is 485 g/mol. The number of amides is 2. The maximum absolute atomic E-state index is 13.2. The molecular weight excluding hydrogens is 470 g/mol. The van der Waals surface area contributed by atoms with Gasteiger partial charge in [0, 0.05) is 17.1 Å². The van der Waals surface area contributed by atoms with Gasteiger partial charge in [-0.25, -0.2) is 4.98 Å². The van der Waals surface area contributed by atoms with Gasteiger partial charge in [-0.3, -0.25) is 19.3 Å². The number of nitrogens with zero attached hydrogens (tertiary/aromatic N) is 3. The zero-order valence-electron chi connectivity index (χ0n) is 17.7. The molecule has 34 heavy (non-hydrogen) atoms. The van der Waals surface area contributed by atoms with Crippen LogP contribution < -0.4 is 0 Å².